The Hall–Kier alpha value is -3.13. The van der Waals surface area contributed by atoms with E-state index in [1.165, 1.54) is 23.9 Å². The average Bonchev–Trinajstić information content (AvgIpc) is 2.67. The second-order valence-corrected chi connectivity index (χ2v) is 6.26. The van der Waals surface area contributed by atoms with Crippen molar-refractivity contribution >= 4 is 11.6 Å². The van der Waals surface area contributed by atoms with Crippen LogP contribution in [0.15, 0.2) is 60.3 Å². The first-order chi connectivity index (χ1) is 13.1. The molecule has 0 atom stereocenters. The van der Waals surface area contributed by atoms with Gasteiger partial charge in [-0.25, -0.2) is 4.39 Å². The Morgan fingerprint density at radius 3 is 2.59 bits per heavy atom. The summed E-state index contributed by atoms with van der Waals surface area (Å²) in [5, 5.41) is 14.9. The molecule has 140 valence electrons. The third-order valence-electron chi connectivity index (χ3n) is 4.09. The number of carbonyl (C=O) groups excluding carboxylic acids is 1. The fourth-order valence-electron chi connectivity index (χ4n) is 2.57. The topological polar surface area (TPSA) is 64.9 Å². The maximum atomic E-state index is 13.1. The van der Waals surface area contributed by atoms with Crippen LogP contribution in [0.25, 0.3) is 0 Å². The van der Waals surface area contributed by atoms with Crippen molar-refractivity contribution < 1.29 is 9.18 Å². The number of nitriles is 1. The average molecular weight is 365 g/mol. The molecule has 27 heavy (non-hydrogen) atoms. The minimum absolute atomic E-state index is 0.00991. The van der Waals surface area contributed by atoms with Gasteiger partial charge in [0.15, 0.2) is 0 Å². The molecular weight excluding hydrogens is 341 g/mol. The first-order valence-corrected chi connectivity index (χ1v) is 9.10. The summed E-state index contributed by atoms with van der Waals surface area (Å²) in [6.45, 7) is 2.64. The minimum atomic E-state index is -0.461. The Labute approximate surface area is 159 Å². The van der Waals surface area contributed by atoms with Crippen molar-refractivity contribution in [2.45, 2.75) is 32.6 Å². The number of nitrogens with zero attached hydrogens (tertiary/aromatic N) is 1. The zero-order valence-corrected chi connectivity index (χ0v) is 15.5. The third-order valence-corrected chi connectivity index (χ3v) is 4.09. The number of hydrogen-bond acceptors (Lipinski definition) is 3. The molecular formula is C22H24FN3O. The summed E-state index contributed by atoms with van der Waals surface area (Å²) in [6.07, 6.45) is 5.27. The summed E-state index contributed by atoms with van der Waals surface area (Å²) in [5.41, 5.74) is 2.72. The van der Waals surface area contributed by atoms with Crippen molar-refractivity contribution in [1.82, 2.24) is 5.32 Å². The highest BCUT2D eigenvalue weighted by molar-refractivity contribution is 6.06. The Balaban J connectivity index is 1.85. The number of hydrogen-bond donors (Lipinski definition) is 2. The van der Waals surface area contributed by atoms with E-state index in [9.17, 15) is 14.4 Å². The number of carbonyl (C=O) groups is 1. The predicted molar refractivity (Wildman–Crippen MR) is 105 cm³/mol. The van der Waals surface area contributed by atoms with Gasteiger partial charge in [-0.1, -0.05) is 37.6 Å². The van der Waals surface area contributed by atoms with Gasteiger partial charge in [-0.3, -0.25) is 4.79 Å². The van der Waals surface area contributed by atoms with Crippen molar-refractivity contribution in [1.29, 1.82) is 5.26 Å². The van der Waals surface area contributed by atoms with Crippen LogP contribution in [0.1, 0.15) is 30.9 Å². The van der Waals surface area contributed by atoms with Crippen LogP contribution >= 0.6 is 0 Å². The molecule has 0 unspecified atom stereocenters. The molecule has 0 aliphatic carbocycles. The Bertz CT molecular complexity index is 822. The molecule has 2 aromatic carbocycles. The summed E-state index contributed by atoms with van der Waals surface area (Å²) in [4.78, 5) is 12.2. The lowest BCUT2D eigenvalue weighted by atomic mass is 10.1. The van der Waals surface area contributed by atoms with Crippen molar-refractivity contribution in [2.75, 3.05) is 11.9 Å². The second-order valence-electron chi connectivity index (χ2n) is 6.26. The number of anilines is 1. The van der Waals surface area contributed by atoms with Gasteiger partial charge in [0.25, 0.3) is 5.91 Å². The van der Waals surface area contributed by atoms with Crippen LogP contribution in [0, 0.1) is 17.1 Å². The lowest BCUT2D eigenvalue weighted by molar-refractivity contribution is -0.112. The van der Waals surface area contributed by atoms with E-state index < -0.39 is 5.91 Å². The van der Waals surface area contributed by atoms with Gasteiger partial charge >= 0.3 is 0 Å². The lowest BCUT2D eigenvalue weighted by Crippen LogP contribution is -2.18. The van der Waals surface area contributed by atoms with Gasteiger partial charge in [0.05, 0.1) is 0 Å². The first-order valence-electron chi connectivity index (χ1n) is 9.10. The predicted octanol–water partition coefficient (Wildman–Crippen LogP) is 4.35. The number of nitrogens with one attached hydrogen (secondary N) is 2. The first kappa shape index (κ1) is 20.2. The highest BCUT2D eigenvalue weighted by atomic mass is 19.1. The second kappa shape index (κ2) is 10.8. The van der Waals surface area contributed by atoms with Gasteiger partial charge in [0.1, 0.15) is 17.5 Å². The molecule has 2 N–H and O–H groups in total. The number of aryl methyl sites for hydroxylation is 1. The number of amides is 1. The molecule has 0 saturated heterocycles. The molecule has 2 rings (SSSR count). The van der Waals surface area contributed by atoms with E-state index in [2.05, 4.69) is 17.6 Å². The van der Waals surface area contributed by atoms with Crippen molar-refractivity contribution in [3.8, 4) is 6.07 Å². The zero-order chi connectivity index (χ0) is 19.5. The van der Waals surface area contributed by atoms with Crippen molar-refractivity contribution in [3.63, 3.8) is 0 Å². The fraction of sp³-hybridized carbons (Fsp3) is 0.273. The normalized spacial score (nSPS) is 10.9. The van der Waals surface area contributed by atoms with E-state index in [4.69, 9.17) is 0 Å². The number of unbranched alkanes of at least 4 members (excludes halogenated alkanes) is 1. The molecule has 5 heteroatoms. The maximum Gasteiger partial charge on any atom is 0.267 e. The molecule has 0 aromatic heterocycles. The van der Waals surface area contributed by atoms with Crippen LogP contribution in [0.5, 0.6) is 0 Å². The molecule has 0 spiro atoms. The van der Waals surface area contributed by atoms with Gasteiger partial charge in [0, 0.05) is 18.4 Å². The smallest absolute Gasteiger partial charge is 0.267 e. The van der Waals surface area contributed by atoms with E-state index >= 15 is 0 Å². The van der Waals surface area contributed by atoms with Gasteiger partial charge in [0.2, 0.25) is 0 Å². The Kier molecular flexibility index (Phi) is 8.05. The van der Waals surface area contributed by atoms with E-state index in [1.807, 2.05) is 36.4 Å². The SMILES string of the molecule is CCCCc1ccc(NC(=O)/C(C#N)=C\NCCc2cccc(F)c2)cc1. The molecule has 2 aromatic rings. The third kappa shape index (κ3) is 6.95. The molecule has 0 radical (unpaired) electrons. The fourth-order valence-corrected chi connectivity index (χ4v) is 2.57. The van der Waals surface area contributed by atoms with Crippen LogP contribution in [-0.4, -0.2) is 12.5 Å². The van der Waals surface area contributed by atoms with Gasteiger partial charge < -0.3 is 10.6 Å². The van der Waals surface area contributed by atoms with E-state index in [0.29, 0.717) is 18.7 Å². The van der Waals surface area contributed by atoms with Crippen LogP contribution in [0.4, 0.5) is 10.1 Å². The van der Waals surface area contributed by atoms with Gasteiger partial charge in [-0.05, 0) is 54.7 Å². The monoisotopic (exact) mass is 365 g/mol. The van der Waals surface area contributed by atoms with Gasteiger partial charge in [-0.2, -0.15) is 5.26 Å². The molecule has 0 aliphatic rings. The molecule has 1 amide bonds. The molecule has 0 heterocycles. The Morgan fingerprint density at radius 2 is 1.93 bits per heavy atom. The zero-order valence-electron chi connectivity index (χ0n) is 15.5. The molecule has 0 saturated carbocycles. The lowest BCUT2D eigenvalue weighted by Gasteiger charge is -2.07. The molecule has 0 bridgehead atoms. The van der Waals surface area contributed by atoms with Gasteiger partial charge in [-0.15, -0.1) is 0 Å². The summed E-state index contributed by atoms with van der Waals surface area (Å²) in [5.74, 6) is -0.738. The number of benzene rings is 2. The maximum absolute atomic E-state index is 13.1. The quantitative estimate of drug-likeness (QED) is 0.394. The highest BCUT2D eigenvalue weighted by Gasteiger charge is 2.09. The van der Waals surface area contributed by atoms with E-state index in [0.717, 1.165) is 24.8 Å². The summed E-state index contributed by atoms with van der Waals surface area (Å²) in [6, 6.07) is 15.9. The molecule has 0 aliphatic heterocycles. The molecule has 0 fully saturated rings. The summed E-state index contributed by atoms with van der Waals surface area (Å²) >= 11 is 0. The van der Waals surface area contributed by atoms with Crippen LogP contribution < -0.4 is 10.6 Å². The Morgan fingerprint density at radius 1 is 1.15 bits per heavy atom. The van der Waals surface area contributed by atoms with Crippen molar-refractivity contribution in [2.24, 2.45) is 0 Å². The van der Waals surface area contributed by atoms with Crippen LogP contribution in [0.2, 0.25) is 0 Å². The summed E-state index contributed by atoms with van der Waals surface area (Å²) in [7, 11) is 0. The summed E-state index contributed by atoms with van der Waals surface area (Å²) < 4.78 is 13.1. The minimum Gasteiger partial charge on any atom is -0.389 e. The van der Waals surface area contributed by atoms with Crippen molar-refractivity contribution in [3.05, 3.63) is 77.2 Å². The molecule has 4 nitrogen and oxygen atoms in total. The highest BCUT2D eigenvalue weighted by Crippen LogP contribution is 2.12. The van der Waals surface area contributed by atoms with E-state index in [-0.39, 0.29) is 11.4 Å². The largest absolute Gasteiger partial charge is 0.389 e. The van der Waals surface area contributed by atoms with Crippen LogP contribution in [0.3, 0.4) is 0 Å². The standard InChI is InChI=1S/C22H24FN3O/c1-2-3-5-17-8-10-21(11-9-17)26-22(27)19(15-24)16-25-13-12-18-6-4-7-20(23)14-18/h4,6-11,14,16,25H,2-3,5,12-13H2,1H3,(H,26,27)/b19-16-. The van der Waals surface area contributed by atoms with E-state index in [1.54, 1.807) is 6.07 Å². The number of rotatable bonds is 9. The van der Waals surface area contributed by atoms with Crippen LogP contribution in [-0.2, 0) is 17.6 Å². The number of halogens is 1.